The maximum absolute atomic E-state index is 13.1. The fourth-order valence-electron chi connectivity index (χ4n) is 3.74. The van der Waals surface area contributed by atoms with Crippen molar-refractivity contribution in [1.29, 1.82) is 0 Å². The van der Waals surface area contributed by atoms with E-state index in [1.165, 1.54) is 17.5 Å². The Hall–Kier alpha value is -1.35. The molecule has 0 bridgehead atoms. The fraction of sp³-hybridized carbons (Fsp3) is 0.611. The predicted octanol–water partition coefficient (Wildman–Crippen LogP) is 3.27. The minimum absolute atomic E-state index is 0.0677. The summed E-state index contributed by atoms with van der Waals surface area (Å²) in [5.74, 6) is -0.0677. The summed E-state index contributed by atoms with van der Waals surface area (Å²) in [7, 11) is 0. The molecular weight excluding hydrogens is 262 g/mol. The third kappa shape index (κ3) is 2.48. The Morgan fingerprint density at radius 1 is 1.19 bits per heavy atom. The molecule has 21 heavy (non-hydrogen) atoms. The first-order valence-corrected chi connectivity index (χ1v) is 8.00. The van der Waals surface area contributed by atoms with Crippen LogP contribution in [-0.4, -0.2) is 29.6 Å². The Labute approximate surface area is 127 Å². The average Bonchev–Trinajstić information content (AvgIpc) is 2.45. The van der Waals surface area contributed by atoms with Crippen molar-refractivity contribution < 1.29 is 9.53 Å². The first-order chi connectivity index (χ1) is 9.93. The van der Waals surface area contributed by atoms with Crippen LogP contribution in [0.1, 0.15) is 51.2 Å². The second-order valence-electron chi connectivity index (χ2n) is 7.21. The summed E-state index contributed by atoms with van der Waals surface area (Å²) in [4.78, 5) is 15.4. The third-order valence-electron chi connectivity index (χ3n) is 4.61. The molecule has 1 aromatic carbocycles. The van der Waals surface area contributed by atoms with Crippen molar-refractivity contribution in [3.63, 3.8) is 0 Å². The van der Waals surface area contributed by atoms with Gasteiger partial charge in [0.2, 0.25) is 0 Å². The molecule has 1 saturated heterocycles. The minimum Gasteiger partial charge on any atom is -0.458 e. The van der Waals surface area contributed by atoms with Crippen molar-refractivity contribution in [2.45, 2.75) is 57.6 Å². The van der Waals surface area contributed by atoms with E-state index in [0.717, 1.165) is 32.4 Å². The fourth-order valence-corrected chi connectivity index (χ4v) is 3.74. The standard InChI is InChI=1S/C18H25NO2/c1-17(2,3)21-16(20)18-11-6-7-12-19(18)13-10-14-8-4-5-9-15(14)18/h4-5,8-9H,6-7,10-13H2,1-3H3. The van der Waals surface area contributed by atoms with Gasteiger partial charge in [-0.15, -0.1) is 0 Å². The molecule has 0 saturated carbocycles. The van der Waals surface area contributed by atoms with Gasteiger partial charge in [0, 0.05) is 6.54 Å². The van der Waals surface area contributed by atoms with E-state index >= 15 is 0 Å². The van der Waals surface area contributed by atoms with Crippen LogP contribution >= 0.6 is 0 Å². The molecule has 3 heteroatoms. The van der Waals surface area contributed by atoms with E-state index < -0.39 is 11.1 Å². The van der Waals surface area contributed by atoms with Gasteiger partial charge in [0.15, 0.2) is 0 Å². The third-order valence-corrected chi connectivity index (χ3v) is 4.61. The summed E-state index contributed by atoms with van der Waals surface area (Å²) >= 11 is 0. The number of carbonyl (C=O) groups is 1. The van der Waals surface area contributed by atoms with Crippen LogP contribution in [0, 0.1) is 0 Å². The molecule has 0 aliphatic carbocycles. The zero-order valence-corrected chi connectivity index (χ0v) is 13.3. The number of esters is 1. The molecule has 0 N–H and O–H groups in total. The van der Waals surface area contributed by atoms with Crippen molar-refractivity contribution in [3.8, 4) is 0 Å². The lowest BCUT2D eigenvalue weighted by atomic mass is 9.75. The first-order valence-electron chi connectivity index (χ1n) is 8.00. The molecule has 2 heterocycles. The molecule has 1 unspecified atom stereocenters. The highest BCUT2D eigenvalue weighted by molar-refractivity contribution is 5.84. The van der Waals surface area contributed by atoms with E-state index in [4.69, 9.17) is 4.74 Å². The Balaban J connectivity index is 2.07. The van der Waals surface area contributed by atoms with Crippen LogP contribution in [0.5, 0.6) is 0 Å². The van der Waals surface area contributed by atoms with Crippen LogP contribution in [0.2, 0.25) is 0 Å². The molecule has 1 fully saturated rings. The number of ether oxygens (including phenoxy) is 1. The predicted molar refractivity (Wildman–Crippen MR) is 83.1 cm³/mol. The molecule has 3 rings (SSSR count). The maximum Gasteiger partial charge on any atom is 0.331 e. The average molecular weight is 287 g/mol. The first kappa shape index (κ1) is 14.6. The second-order valence-corrected chi connectivity index (χ2v) is 7.21. The molecule has 0 spiro atoms. The van der Waals surface area contributed by atoms with E-state index in [2.05, 4.69) is 23.1 Å². The van der Waals surface area contributed by atoms with Gasteiger partial charge in [-0.05, 0) is 64.1 Å². The van der Waals surface area contributed by atoms with Gasteiger partial charge >= 0.3 is 5.97 Å². The summed E-state index contributed by atoms with van der Waals surface area (Å²) in [5.41, 5.74) is 1.48. The van der Waals surface area contributed by atoms with E-state index in [1.54, 1.807) is 0 Å². The van der Waals surface area contributed by atoms with Crippen LogP contribution in [0.4, 0.5) is 0 Å². The number of rotatable bonds is 1. The molecule has 0 radical (unpaired) electrons. The minimum atomic E-state index is -0.555. The number of nitrogens with zero attached hydrogens (tertiary/aromatic N) is 1. The summed E-state index contributed by atoms with van der Waals surface area (Å²) in [5, 5.41) is 0. The summed E-state index contributed by atoms with van der Waals surface area (Å²) in [6.07, 6.45) is 4.16. The van der Waals surface area contributed by atoms with Gasteiger partial charge in [0.25, 0.3) is 0 Å². The smallest absolute Gasteiger partial charge is 0.331 e. The lowest BCUT2D eigenvalue weighted by Gasteiger charge is -2.49. The molecule has 1 atom stereocenters. The summed E-state index contributed by atoms with van der Waals surface area (Å²) in [6, 6.07) is 8.40. The van der Waals surface area contributed by atoms with Crippen LogP contribution in [-0.2, 0) is 21.5 Å². The van der Waals surface area contributed by atoms with Gasteiger partial charge in [0.1, 0.15) is 11.1 Å². The van der Waals surface area contributed by atoms with Crippen molar-refractivity contribution in [3.05, 3.63) is 35.4 Å². The van der Waals surface area contributed by atoms with Crippen LogP contribution < -0.4 is 0 Å². The number of hydrogen-bond acceptors (Lipinski definition) is 3. The zero-order chi connectivity index (χ0) is 15.1. The molecule has 3 nitrogen and oxygen atoms in total. The van der Waals surface area contributed by atoms with Gasteiger partial charge in [-0.2, -0.15) is 0 Å². The molecule has 1 aromatic rings. The highest BCUT2D eigenvalue weighted by Gasteiger charge is 2.51. The molecular formula is C18H25NO2. The Bertz CT molecular complexity index is 546. The molecule has 0 amide bonds. The highest BCUT2D eigenvalue weighted by Crippen LogP contribution is 2.43. The van der Waals surface area contributed by atoms with Gasteiger partial charge in [-0.3, -0.25) is 4.90 Å². The van der Waals surface area contributed by atoms with Crippen LogP contribution in [0.15, 0.2) is 24.3 Å². The van der Waals surface area contributed by atoms with Crippen molar-refractivity contribution in [2.24, 2.45) is 0 Å². The monoisotopic (exact) mass is 287 g/mol. The SMILES string of the molecule is CC(C)(C)OC(=O)C12CCCCN1CCc1ccccc12. The zero-order valence-electron chi connectivity index (χ0n) is 13.3. The second kappa shape index (κ2) is 5.13. The van der Waals surface area contributed by atoms with E-state index in [0.29, 0.717) is 0 Å². The van der Waals surface area contributed by atoms with Gasteiger partial charge < -0.3 is 4.74 Å². The van der Waals surface area contributed by atoms with Crippen molar-refractivity contribution >= 4 is 5.97 Å². The van der Waals surface area contributed by atoms with Crippen LogP contribution in [0.3, 0.4) is 0 Å². The molecule has 2 aliphatic rings. The van der Waals surface area contributed by atoms with Gasteiger partial charge in [-0.1, -0.05) is 24.3 Å². The van der Waals surface area contributed by atoms with Gasteiger partial charge in [-0.25, -0.2) is 4.79 Å². The van der Waals surface area contributed by atoms with Crippen molar-refractivity contribution in [2.75, 3.05) is 13.1 Å². The number of carbonyl (C=O) groups excluding carboxylic acids is 1. The van der Waals surface area contributed by atoms with Crippen LogP contribution in [0.25, 0.3) is 0 Å². The van der Waals surface area contributed by atoms with E-state index in [-0.39, 0.29) is 5.97 Å². The summed E-state index contributed by atoms with van der Waals surface area (Å²) < 4.78 is 5.81. The Morgan fingerprint density at radius 2 is 1.95 bits per heavy atom. The normalized spacial score (nSPS) is 25.9. The number of benzene rings is 1. The lowest BCUT2D eigenvalue weighted by molar-refractivity contribution is -0.175. The number of fused-ring (bicyclic) bond motifs is 3. The number of piperidine rings is 1. The van der Waals surface area contributed by atoms with Crippen molar-refractivity contribution in [1.82, 2.24) is 4.90 Å². The number of hydrogen-bond donors (Lipinski definition) is 0. The van der Waals surface area contributed by atoms with E-state index in [1.807, 2.05) is 26.8 Å². The topological polar surface area (TPSA) is 29.5 Å². The maximum atomic E-state index is 13.1. The Morgan fingerprint density at radius 3 is 2.71 bits per heavy atom. The highest BCUT2D eigenvalue weighted by atomic mass is 16.6. The summed E-state index contributed by atoms with van der Waals surface area (Å²) in [6.45, 7) is 7.79. The lowest BCUT2D eigenvalue weighted by Crippen LogP contribution is -2.59. The molecule has 2 aliphatic heterocycles. The Kier molecular flexibility index (Phi) is 3.56. The quantitative estimate of drug-likeness (QED) is 0.743. The van der Waals surface area contributed by atoms with E-state index in [9.17, 15) is 4.79 Å². The molecule has 0 aromatic heterocycles. The molecule has 114 valence electrons. The largest absolute Gasteiger partial charge is 0.458 e. The van der Waals surface area contributed by atoms with Gasteiger partial charge in [0.05, 0.1) is 0 Å².